The highest BCUT2D eigenvalue weighted by atomic mass is 16.4. The normalized spacial score (nSPS) is 17.6. The van der Waals surface area contributed by atoms with E-state index in [1.807, 2.05) is 13.8 Å². The largest absolute Gasteiger partial charge is 0.409 e. The SMILES string of the molecule is CCC(NC(=O)C(C)(CC)C(N)=NO)C(C)C. The van der Waals surface area contributed by atoms with E-state index in [4.69, 9.17) is 10.9 Å². The number of amidine groups is 1. The van der Waals surface area contributed by atoms with Crippen molar-refractivity contribution in [3.63, 3.8) is 0 Å². The maximum absolute atomic E-state index is 12.2. The van der Waals surface area contributed by atoms with Crippen molar-refractivity contribution < 1.29 is 10.0 Å². The molecule has 0 spiro atoms. The van der Waals surface area contributed by atoms with Crippen molar-refractivity contribution in [2.75, 3.05) is 0 Å². The Morgan fingerprint density at radius 3 is 2.29 bits per heavy atom. The van der Waals surface area contributed by atoms with Gasteiger partial charge in [0.1, 0.15) is 5.41 Å². The summed E-state index contributed by atoms with van der Waals surface area (Å²) in [7, 11) is 0. The summed E-state index contributed by atoms with van der Waals surface area (Å²) >= 11 is 0. The van der Waals surface area contributed by atoms with Gasteiger partial charge < -0.3 is 16.3 Å². The molecule has 0 aromatic heterocycles. The summed E-state index contributed by atoms with van der Waals surface area (Å²) in [6.07, 6.45) is 1.35. The first kappa shape index (κ1) is 15.7. The molecule has 5 heteroatoms. The van der Waals surface area contributed by atoms with E-state index >= 15 is 0 Å². The fraction of sp³-hybridized carbons (Fsp3) is 0.833. The summed E-state index contributed by atoms with van der Waals surface area (Å²) in [5.74, 6) is 0.129. The van der Waals surface area contributed by atoms with Crippen molar-refractivity contribution in [1.82, 2.24) is 5.32 Å². The van der Waals surface area contributed by atoms with E-state index in [9.17, 15) is 4.79 Å². The van der Waals surface area contributed by atoms with Gasteiger partial charge in [-0.2, -0.15) is 0 Å². The second-order valence-corrected chi connectivity index (χ2v) is 4.90. The van der Waals surface area contributed by atoms with Gasteiger partial charge in [-0.1, -0.05) is 32.9 Å². The molecule has 0 bridgehead atoms. The van der Waals surface area contributed by atoms with E-state index in [1.165, 1.54) is 0 Å². The van der Waals surface area contributed by atoms with Crippen molar-refractivity contribution in [2.45, 2.75) is 53.5 Å². The zero-order chi connectivity index (χ0) is 13.6. The molecule has 0 saturated carbocycles. The topological polar surface area (TPSA) is 87.7 Å². The maximum Gasteiger partial charge on any atom is 0.233 e. The average Bonchev–Trinajstić information content (AvgIpc) is 2.32. The quantitative estimate of drug-likeness (QED) is 0.287. The smallest absolute Gasteiger partial charge is 0.233 e. The minimum Gasteiger partial charge on any atom is -0.409 e. The maximum atomic E-state index is 12.2. The van der Waals surface area contributed by atoms with Crippen LogP contribution >= 0.6 is 0 Å². The van der Waals surface area contributed by atoms with Crippen LogP contribution in [0.25, 0.3) is 0 Å². The predicted molar refractivity (Wildman–Crippen MR) is 68.9 cm³/mol. The highest BCUT2D eigenvalue weighted by Crippen LogP contribution is 2.22. The van der Waals surface area contributed by atoms with Gasteiger partial charge in [0.25, 0.3) is 0 Å². The monoisotopic (exact) mass is 243 g/mol. The van der Waals surface area contributed by atoms with Gasteiger partial charge in [0.2, 0.25) is 5.91 Å². The number of amides is 1. The third-order valence-corrected chi connectivity index (χ3v) is 3.44. The lowest BCUT2D eigenvalue weighted by Crippen LogP contribution is -2.51. The van der Waals surface area contributed by atoms with Crippen LogP contribution in [-0.4, -0.2) is 23.0 Å². The highest BCUT2D eigenvalue weighted by Gasteiger charge is 2.37. The Morgan fingerprint density at radius 1 is 1.47 bits per heavy atom. The molecular formula is C12H25N3O2. The zero-order valence-electron chi connectivity index (χ0n) is 11.4. The molecule has 0 rings (SSSR count). The lowest BCUT2D eigenvalue weighted by atomic mass is 9.84. The predicted octanol–water partition coefficient (Wildman–Crippen LogP) is 1.70. The average molecular weight is 243 g/mol. The standard InChI is InChI=1S/C12H25N3O2/c1-6-9(8(3)4)14-11(16)12(5,7-2)10(13)15-17/h8-9,17H,6-7H2,1-5H3,(H2,13,15)(H,14,16). The lowest BCUT2D eigenvalue weighted by molar-refractivity contribution is -0.128. The van der Waals surface area contributed by atoms with Crippen LogP contribution in [0.2, 0.25) is 0 Å². The summed E-state index contributed by atoms with van der Waals surface area (Å²) in [4.78, 5) is 12.2. The molecule has 2 unspecified atom stereocenters. The van der Waals surface area contributed by atoms with Crippen LogP contribution in [0.5, 0.6) is 0 Å². The Bertz CT molecular complexity index is 289. The molecule has 2 atom stereocenters. The van der Waals surface area contributed by atoms with E-state index < -0.39 is 5.41 Å². The van der Waals surface area contributed by atoms with Crippen LogP contribution in [0.1, 0.15) is 47.5 Å². The Kier molecular flexibility index (Phi) is 5.99. The summed E-state index contributed by atoms with van der Waals surface area (Å²) < 4.78 is 0. The molecule has 0 saturated heterocycles. The molecule has 0 aliphatic carbocycles. The minimum absolute atomic E-state index is 0.0453. The number of nitrogens with zero attached hydrogens (tertiary/aromatic N) is 1. The molecule has 0 aliphatic rings. The van der Waals surface area contributed by atoms with E-state index in [0.717, 1.165) is 6.42 Å². The molecule has 5 nitrogen and oxygen atoms in total. The molecule has 1 amide bonds. The minimum atomic E-state index is -0.947. The number of hydrogen-bond acceptors (Lipinski definition) is 3. The Balaban J connectivity index is 4.89. The molecular weight excluding hydrogens is 218 g/mol. The molecule has 0 aromatic carbocycles. The third-order valence-electron chi connectivity index (χ3n) is 3.44. The number of carbonyl (C=O) groups is 1. The van der Waals surface area contributed by atoms with Crippen LogP contribution in [0, 0.1) is 11.3 Å². The van der Waals surface area contributed by atoms with Gasteiger partial charge >= 0.3 is 0 Å². The first-order valence-electron chi connectivity index (χ1n) is 6.12. The van der Waals surface area contributed by atoms with Crippen molar-refractivity contribution >= 4 is 11.7 Å². The molecule has 0 aliphatic heterocycles. The van der Waals surface area contributed by atoms with Gasteiger partial charge in [-0.25, -0.2) is 0 Å². The van der Waals surface area contributed by atoms with E-state index in [2.05, 4.69) is 24.3 Å². The van der Waals surface area contributed by atoms with Crippen molar-refractivity contribution in [2.24, 2.45) is 22.2 Å². The van der Waals surface area contributed by atoms with E-state index in [-0.39, 0.29) is 17.8 Å². The number of oxime groups is 1. The van der Waals surface area contributed by atoms with Crippen LogP contribution < -0.4 is 11.1 Å². The van der Waals surface area contributed by atoms with E-state index in [1.54, 1.807) is 6.92 Å². The number of carbonyl (C=O) groups excluding carboxylic acids is 1. The van der Waals surface area contributed by atoms with Crippen molar-refractivity contribution in [3.8, 4) is 0 Å². The zero-order valence-corrected chi connectivity index (χ0v) is 11.4. The molecule has 17 heavy (non-hydrogen) atoms. The number of nitrogens with two attached hydrogens (primary N) is 1. The Labute approximate surface area is 103 Å². The Hall–Kier alpha value is -1.26. The third kappa shape index (κ3) is 3.61. The van der Waals surface area contributed by atoms with Gasteiger partial charge in [-0.3, -0.25) is 4.79 Å². The van der Waals surface area contributed by atoms with Gasteiger partial charge in [0.15, 0.2) is 5.84 Å². The second kappa shape index (κ2) is 6.47. The fourth-order valence-electron chi connectivity index (χ4n) is 1.64. The number of rotatable bonds is 6. The molecule has 0 aromatic rings. The van der Waals surface area contributed by atoms with Gasteiger partial charge in [-0.15, -0.1) is 0 Å². The lowest BCUT2D eigenvalue weighted by Gasteiger charge is -2.29. The molecule has 0 heterocycles. The number of nitrogens with one attached hydrogen (secondary N) is 1. The van der Waals surface area contributed by atoms with E-state index in [0.29, 0.717) is 12.3 Å². The highest BCUT2D eigenvalue weighted by molar-refractivity contribution is 6.06. The van der Waals surface area contributed by atoms with Crippen LogP contribution in [0.3, 0.4) is 0 Å². The van der Waals surface area contributed by atoms with Crippen LogP contribution in [-0.2, 0) is 4.79 Å². The van der Waals surface area contributed by atoms with Gasteiger partial charge in [-0.05, 0) is 25.7 Å². The molecule has 0 fully saturated rings. The second-order valence-electron chi connectivity index (χ2n) is 4.90. The summed E-state index contributed by atoms with van der Waals surface area (Å²) in [6.45, 7) is 9.67. The summed E-state index contributed by atoms with van der Waals surface area (Å²) in [5.41, 5.74) is 4.65. The van der Waals surface area contributed by atoms with Crippen LogP contribution in [0.15, 0.2) is 5.16 Å². The van der Waals surface area contributed by atoms with Gasteiger partial charge in [0, 0.05) is 6.04 Å². The van der Waals surface area contributed by atoms with Crippen molar-refractivity contribution in [1.29, 1.82) is 0 Å². The summed E-state index contributed by atoms with van der Waals surface area (Å²) in [6, 6.07) is 0.111. The molecule has 4 N–H and O–H groups in total. The number of hydrogen-bond donors (Lipinski definition) is 3. The molecule has 0 radical (unpaired) electrons. The first-order chi connectivity index (χ1) is 7.83. The molecule has 100 valence electrons. The summed E-state index contributed by atoms with van der Waals surface area (Å²) in [5, 5.41) is 14.7. The van der Waals surface area contributed by atoms with Crippen LogP contribution in [0.4, 0.5) is 0 Å². The van der Waals surface area contributed by atoms with Crippen molar-refractivity contribution in [3.05, 3.63) is 0 Å². The Morgan fingerprint density at radius 2 is 2.00 bits per heavy atom. The fourth-order valence-corrected chi connectivity index (χ4v) is 1.64. The van der Waals surface area contributed by atoms with Gasteiger partial charge in [0.05, 0.1) is 0 Å². The first-order valence-corrected chi connectivity index (χ1v) is 6.12.